The molecule has 0 saturated carbocycles. The second-order valence-corrected chi connectivity index (χ2v) is 13.1. The van der Waals surface area contributed by atoms with Crippen LogP contribution in [0.2, 0.25) is 0 Å². The Morgan fingerprint density at radius 1 is 0.898 bits per heavy atom. The minimum atomic E-state index is -0.837. The summed E-state index contributed by atoms with van der Waals surface area (Å²) in [6, 6.07) is 23.2. The molecule has 0 radical (unpaired) electrons. The van der Waals surface area contributed by atoms with E-state index in [1.54, 1.807) is 49.7 Å². The molecule has 10 nitrogen and oxygen atoms in total. The van der Waals surface area contributed by atoms with Gasteiger partial charge in [-0.1, -0.05) is 41.7 Å². The van der Waals surface area contributed by atoms with E-state index < -0.39 is 18.0 Å². The van der Waals surface area contributed by atoms with E-state index in [0.29, 0.717) is 31.9 Å². The second-order valence-electron chi connectivity index (χ2n) is 12.1. The number of thiazole rings is 1. The Morgan fingerprint density at radius 3 is 2.22 bits per heavy atom. The van der Waals surface area contributed by atoms with Gasteiger partial charge in [0.25, 0.3) is 5.56 Å². The number of esters is 2. The lowest BCUT2D eigenvalue weighted by Gasteiger charge is -2.25. The van der Waals surface area contributed by atoms with Gasteiger partial charge in [-0.2, -0.15) is 5.10 Å². The number of rotatable bonds is 9. The molecule has 1 aliphatic heterocycles. The maximum Gasteiger partial charge on any atom is 0.338 e. The number of benzene rings is 3. The van der Waals surface area contributed by atoms with Crippen molar-refractivity contribution in [3.8, 4) is 22.7 Å². The van der Waals surface area contributed by atoms with Crippen molar-refractivity contribution in [3.63, 3.8) is 0 Å². The number of aromatic nitrogens is 3. The fraction of sp³-hybridized carbons (Fsp3) is 0.237. The Bertz CT molecular complexity index is 2230. The molecule has 250 valence electrons. The van der Waals surface area contributed by atoms with Crippen molar-refractivity contribution in [2.75, 3.05) is 7.11 Å². The van der Waals surface area contributed by atoms with E-state index in [1.165, 1.54) is 23.0 Å². The summed E-state index contributed by atoms with van der Waals surface area (Å²) in [5.41, 5.74) is 4.45. The molecule has 1 atom stereocenters. The molecule has 5 aromatic rings. The predicted octanol–water partition coefficient (Wildman–Crippen LogP) is 5.61. The van der Waals surface area contributed by atoms with Gasteiger partial charge >= 0.3 is 11.9 Å². The molecule has 0 amide bonds. The van der Waals surface area contributed by atoms with E-state index in [2.05, 4.69) is 0 Å². The molecule has 11 heteroatoms. The summed E-state index contributed by atoms with van der Waals surface area (Å²) in [5, 5.41) is 4.93. The van der Waals surface area contributed by atoms with Crippen molar-refractivity contribution in [1.29, 1.82) is 0 Å². The van der Waals surface area contributed by atoms with Crippen molar-refractivity contribution >= 4 is 29.4 Å². The zero-order valence-electron chi connectivity index (χ0n) is 28.0. The number of fused-ring (bicyclic) bond motifs is 1. The van der Waals surface area contributed by atoms with Gasteiger partial charge in [0.1, 0.15) is 11.4 Å². The Kier molecular flexibility index (Phi) is 9.46. The van der Waals surface area contributed by atoms with Gasteiger partial charge in [-0.15, -0.1) is 0 Å². The van der Waals surface area contributed by atoms with Crippen LogP contribution in [0.3, 0.4) is 0 Å². The number of carbonyl (C=O) groups excluding carboxylic acids is 2. The van der Waals surface area contributed by atoms with Gasteiger partial charge < -0.3 is 14.2 Å². The summed E-state index contributed by atoms with van der Waals surface area (Å²) < 4.78 is 20.0. The highest BCUT2D eigenvalue weighted by Crippen LogP contribution is 2.32. The van der Waals surface area contributed by atoms with Gasteiger partial charge in [0.05, 0.1) is 52.4 Å². The molecule has 3 aromatic carbocycles. The predicted molar refractivity (Wildman–Crippen MR) is 188 cm³/mol. The first kappa shape index (κ1) is 33.4. The van der Waals surface area contributed by atoms with Crippen LogP contribution in [0, 0.1) is 0 Å². The molecule has 0 fully saturated rings. The average molecular weight is 677 g/mol. The highest BCUT2D eigenvalue weighted by molar-refractivity contribution is 7.07. The molecule has 1 unspecified atom stereocenters. The quantitative estimate of drug-likeness (QED) is 0.187. The zero-order chi connectivity index (χ0) is 34.8. The van der Waals surface area contributed by atoms with Crippen LogP contribution in [0.15, 0.2) is 106 Å². The molecule has 6 rings (SSSR count). The molecule has 0 N–H and O–H groups in total. The van der Waals surface area contributed by atoms with Crippen LogP contribution in [0.4, 0.5) is 0 Å². The third kappa shape index (κ3) is 6.88. The molecule has 0 spiro atoms. The van der Waals surface area contributed by atoms with Crippen LogP contribution >= 0.6 is 11.3 Å². The fourth-order valence-electron chi connectivity index (χ4n) is 5.63. The Labute approximate surface area is 287 Å². The van der Waals surface area contributed by atoms with E-state index in [9.17, 15) is 14.4 Å². The molecular formula is C38H36N4O6S. The number of nitrogens with zero attached hydrogens (tertiary/aromatic N) is 4. The number of para-hydroxylation sites is 1. The topological polar surface area (TPSA) is 114 Å². The molecule has 0 aliphatic carbocycles. The minimum Gasteiger partial charge on any atom is -0.491 e. The van der Waals surface area contributed by atoms with Crippen molar-refractivity contribution in [1.82, 2.24) is 14.3 Å². The van der Waals surface area contributed by atoms with Crippen molar-refractivity contribution in [2.45, 2.75) is 52.9 Å². The molecular weight excluding hydrogens is 641 g/mol. The lowest BCUT2D eigenvalue weighted by Crippen LogP contribution is -2.40. The summed E-state index contributed by atoms with van der Waals surface area (Å²) in [5.74, 6) is -0.308. The SMILES string of the molecule is COC(=O)c1ccc(C2C(C(=O)OC(C)C)=C(C)N=c3s/c(=C\c4cn(-c5ccccc5)nc4-c4ccc(OC(C)C)cc4)c(=O)n32)cc1. The van der Waals surface area contributed by atoms with Crippen molar-refractivity contribution in [3.05, 3.63) is 133 Å². The van der Waals surface area contributed by atoms with Crippen LogP contribution < -0.4 is 19.6 Å². The summed E-state index contributed by atoms with van der Waals surface area (Å²) in [6.07, 6.45) is 3.36. The second kappa shape index (κ2) is 13.9. The van der Waals surface area contributed by atoms with Crippen LogP contribution in [-0.4, -0.2) is 45.6 Å². The summed E-state index contributed by atoms with van der Waals surface area (Å²) >= 11 is 1.23. The van der Waals surface area contributed by atoms with E-state index in [4.69, 9.17) is 24.3 Å². The summed E-state index contributed by atoms with van der Waals surface area (Å²) in [6.45, 7) is 9.22. The molecule has 49 heavy (non-hydrogen) atoms. The molecule has 2 aromatic heterocycles. The highest BCUT2D eigenvalue weighted by atomic mass is 32.1. The number of allylic oxidation sites excluding steroid dienone is 1. The van der Waals surface area contributed by atoms with Gasteiger partial charge in [0.2, 0.25) is 0 Å². The number of ether oxygens (including phenoxy) is 3. The van der Waals surface area contributed by atoms with Crippen molar-refractivity contribution in [2.24, 2.45) is 4.99 Å². The Morgan fingerprint density at radius 2 is 1.59 bits per heavy atom. The lowest BCUT2D eigenvalue weighted by atomic mass is 9.95. The minimum absolute atomic E-state index is 0.0377. The zero-order valence-corrected chi connectivity index (χ0v) is 28.9. The maximum atomic E-state index is 14.4. The molecule has 0 bridgehead atoms. The molecule has 0 saturated heterocycles. The van der Waals surface area contributed by atoms with E-state index >= 15 is 0 Å². The van der Waals surface area contributed by atoms with E-state index in [0.717, 1.165) is 22.6 Å². The molecule has 1 aliphatic rings. The summed E-state index contributed by atoms with van der Waals surface area (Å²) in [7, 11) is 1.31. The van der Waals surface area contributed by atoms with E-state index in [1.807, 2.05) is 80.7 Å². The number of carbonyl (C=O) groups is 2. The van der Waals surface area contributed by atoms with Gasteiger partial charge in [-0.05, 0) is 94.8 Å². The average Bonchev–Trinajstić information content (AvgIpc) is 3.64. The first-order valence-electron chi connectivity index (χ1n) is 15.9. The Balaban J connectivity index is 1.52. The number of hydrogen-bond acceptors (Lipinski definition) is 9. The highest BCUT2D eigenvalue weighted by Gasteiger charge is 2.34. The third-order valence-corrected chi connectivity index (χ3v) is 8.76. The lowest BCUT2D eigenvalue weighted by molar-refractivity contribution is -0.143. The Hall–Kier alpha value is -5.55. The number of hydrogen-bond donors (Lipinski definition) is 0. The first-order chi connectivity index (χ1) is 23.5. The van der Waals surface area contributed by atoms with Crippen LogP contribution in [0.5, 0.6) is 5.75 Å². The van der Waals surface area contributed by atoms with Gasteiger partial charge in [-0.3, -0.25) is 9.36 Å². The standard InChI is InChI=1S/C38H36N4O6S/c1-22(2)47-30-18-16-25(17-19-30)33-28(21-41(40-33)29-10-8-7-9-11-29)20-31-35(43)42-34(26-12-14-27(15-13-26)36(44)46-6)32(37(45)48-23(3)4)24(5)39-38(42)49-31/h7-23,34H,1-6H3/b31-20-. The van der Waals surface area contributed by atoms with Crippen LogP contribution in [0.1, 0.15) is 62.1 Å². The maximum absolute atomic E-state index is 14.4. The fourth-order valence-corrected chi connectivity index (χ4v) is 6.67. The monoisotopic (exact) mass is 676 g/mol. The first-order valence-corrected chi connectivity index (χ1v) is 16.7. The largest absolute Gasteiger partial charge is 0.491 e. The van der Waals surface area contributed by atoms with Gasteiger partial charge in [0, 0.05) is 17.3 Å². The van der Waals surface area contributed by atoms with Gasteiger partial charge in [-0.25, -0.2) is 19.3 Å². The number of methoxy groups -OCH3 is 1. The van der Waals surface area contributed by atoms with Crippen LogP contribution in [0.25, 0.3) is 23.0 Å². The van der Waals surface area contributed by atoms with Crippen LogP contribution in [-0.2, 0) is 14.3 Å². The normalized spacial score (nSPS) is 14.5. The molecule has 3 heterocycles. The van der Waals surface area contributed by atoms with Gasteiger partial charge in [0.15, 0.2) is 4.80 Å². The smallest absolute Gasteiger partial charge is 0.338 e. The third-order valence-electron chi connectivity index (χ3n) is 7.78. The summed E-state index contributed by atoms with van der Waals surface area (Å²) in [4.78, 5) is 45.2. The van der Waals surface area contributed by atoms with Crippen molar-refractivity contribution < 1.29 is 23.8 Å². The van der Waals surface area contributed by atoms with E-state index in [-0.39, 0.29) is 23.3 Å².